The average Bonchev–Trinajstić information content (AvgIpc) is 2.56. The summed E-state index contributed by atoms with van der Waals surface area (Å²) in [5.74, 6) is -0.423. The van der Waals surface area contributed by atoms with E-state index in [1.54, 1.807) is 24.3 Å². The number of halogens is 5. The van der Waals surface area contributed by atoms with Gasteiger partial charge in [0.2, 0.25) is 9.70 Å². The number of anilines is 1. The second-order valence-corrected chi connectivity index (χ2v) is 8.18. The number of benzene rings is 2. The Morgan fingerprint density at radius 1 is 1.00 bits per heavy atom. The summed E-state index contributed by atoms with van der Waals surface area (Å²) in [7, 11) is 0. The van der Waals surface area contributed by atoms with Crippen molar-refractivity contribution in [1.29, 1.82) is 0 Å². The van der Waals surface area contributed by atoms with E-state index in [0.717, 1.165) is 5.56 Å². The minimum absolute atomic E-state index is 0.338. The van der Waals surface area contributed by atoms with Crippen molar-refractivity contribution in [3.8, 4) is 0 Å². The van der Waals surface area contributed by atoms with Gasteiger partial charge in [0, 0.05) is 11.8 Å². The molecule has 0 radical (unpaired) electrons. The highest BCUT2D eigenvalue weighted by atomic mass is 35.6. The molecule has 132 valence electrons. The summed E-state index contributed by atoms with van der Waals surface area (Å²) in [6.45, 7) is 0. The van der Waals surface area contributed by atoms with E-state index in [2.05, 4.69) is 10.6 Å². The highest BCUT2D eigenvalue weighted by Gasteiger charge is 2.33. The van der Waals surface area contributed by atoms with Gasteiger partial charge in [-0.1, -0.05) is 88.3 Å². The molecule has 0 unspecified atom stereocenters. The Kier molecular flexibility index (Phi) is 7.29. The van der Waals surface area contributed by atoms with E-state index >= 15 is 0 Å². The molecular formula is C17H13Cl5N2O. The lowest BCUT2D eigenvalue weighted by molar-refractivity contribution is -0.116. The van der Waals surface area contributed by atoms with Gasteiger partial charge >= 0.3 is 0 Å². The highest BCUT2D eigenvalue weighted by molar-refractivity contribution is 6.68. The Bertz CT molecular complexity index is 759. The minimum atomic E-state index is -1.79. The van der Waals surface area contributed by atoms with E-state index in [1.165, 1.54) is 6.08 Å². The van der Waals surface area contributed by atoms with E-state index in [4.69, 9.17) is 58.0 Å². The molecule has 0 aromatic heterocycles. The van der Waals surface area contributed by atoms with Gasteiger partial charge in [-0.05, 0) is 29.8 Å². The molecule has 0 bridgehead atoms. The number of hydrogen-bond acceptors (Lipinski definition) is 2. The van der Waals surface area contributed by atoms with E-state index in [9.17, 15) is 4.79 Å². The van der Waals surface area contributed by atoms with Gasteiger partial charge in [-0.15, -0.1) is 0 Å². The fourth-order valence-electron chi connectivity index (χ4n) is 1.88. The zero-order valence-corrected chi connectivity index (χ0v) is 16.4. The molecule has 1 atom stereocenters. The van der Waals surface area contributed by atoms with Gasteiger partial charge in [-0.3, -0.25) is 4.79 Å². The van der Waals surface area contributed by atoms with Gasteiger partial charge in [0.15, 0.2) is 0 Å². The fraction of sp³-hybridized carbons (Fsp3) is 0.118. The summed E-state index contributed by atoms with van der Waals surface area (Å²) in [5.41, 5.74) is 1.42. The lowest BCUT2D eigenvalue weighted by Gasteiger charge is -2.27. The summed E-state index contributed by atoms with van der Waals surface area (Å²) in [4.78, 5) is 12.1. The first-order chi connectivity index (χ1) is 11.8. The molecule has 1 amide bonds. The van der Waals surface area contributed by atoms with Crippen LogP contribution in [0.5, 0.6) is 0 Å². The van der Waals surface area contributed by atoms with Gasteiger partial charge in [0.05, 0.1) is 10.0 Å². The first-order valence-corrected chi connectivity index (χ1v) is 8.96. The summed E-state index contributed by atoms with van der Waals surface area (Å²) in [6, 6.07) is 14.2. The Morgan fingerprint density at radius 2 is 1.68 bits per heavy atom. The van der Waals surface area contributed by atoms with E-state index in [-0.39, 0.29) is 0 Å². The maximum absolute atomic E-state index is 12.1. The molecule has 0 spiro atoms. The highest BCUT2D eigenvalue weighted by Crippen LogP contribution is 2.32. The Morgan fingerprint density at radius 3 is 2.28 bits per heavy atom. The van der Waals surface area contributed by atoms with Crippen LogP contribution in [0.1, 0.15) is 5.56 Å². The Balaban J connectivity index is 2.08. The van der Waals surface area contributed by atoms with Crippen molar-refractivity contribution >= 4 is 75.7 Å². The topological polar surface area (TPSA) is 41.1 Å². The van der Waals surface area contributed by atoms with Crippen LogP contribution in [-0.4, -0.2) is 15.9 Å². The molecule has 2 rings (SSSR count). The minimum Gasteiger partial charge on any atom is -0.362 e. The lowest BCUT2D eigenvalue weighted by atomic mass is 10.2. The van der Waals surface area contributed by atoms with E-state index in [1.807, 2.05) is 30.3 Å². The molecule has 0 fully saturated rings. The predicted octanol–water partition coefficient (Wildman–Crippen LogP) is 5.93. The summed E-state index contributed by atoms with van der Waals surface area (Å²) < 4.78 is -1.79. The standard InChI is InChI=1S/C17H13Cl5N2O/c18-13-8-7-12(10-14(13)19)23-16(17(20,21)22)24-15(25)9-6-11-4-2-1-3-5-11/h1-10,16,23H,(H,24,25)/b9-6+/t16-/m1/s1. The maximum Gasteiger partial charge on any atom is 0.245 e. The third kappa shape index (κ3) is 6.61. The third-order valence-electron chi connectivity index (χ3n) is 3.07. The summed E-state index contributed by atoms with van der Waals surface area (Å²) in [5, 5.41) is 6.25. The van der Waals surface area contributed by atoms with Crippen LogP contribution >= 0.6 is 58.0 Å². The predicted molar refractivity (Wildman–Crippen MR) is 108 cm³/mol. The molecule has 8 heteroatoms. The second kappa shape index (κ2) is 9.02. The van der Waals surface area contributed by atoms with E-state index in [0.29, 0.717) is 15.7 Å². The number of carbonyl (C=O) groups is 1. The van der Waals surface area contributed by atoms with Crippen LogP contribution in [0.4, 0.5) is 5.69 Å². The Hall–Kier alpha value is -1.10. The zero-order chi connectivity index (χ0) is 18.4. The quantitative estimate of drug-likeness (QED) is 0.345. The van der Waals surface area contributed by atoms with Crippen molar-refractivity contribution in [2.24, 2.45) is 0 Å². The number of carbonyl (C=O) groups excluding carboxylic acids is 1. The Labute approximate surface area is 170 Å². The maximum atomic E-state index is 12.1. The van der Waals surface area contributed by atoms with Gasteiger partial charge in [-0.2, -0.15) is 0 Å². The monoisotopic (exact) mass is 436 g/mol. The van der Waals surface area contributed by atoms with E-state index < -0.39 is 15.9 Å². The molecule has 0 saturated carbocycles. The number of rotatable bonds is 5. The molecule has 0 saturated heterocycles. The van der Waals surface area contributed by atoms with Crippen LogP contribution in [0.3, 0.4) is 0 Å². The van der Waals surface area contributed by atoms with Crippen LogP contribution in [-0.2, 0) is 4.79 Å². The van der Waals surface area contributed by atoms with Crippen molar-refractivity contribution in [2.45, 2.75) is 9.96 Å². The summed E-state index contributed by atoms with van der Waals surface area (Å²) in [6.07, 6.45) is 2.03. The molecule has 2 N–H and O–H groups in total. The molecule has 0 aliphatic heterocycles. The van der Waals surface area contributed by atoms with Gasteiger partial charge in [0.25, 0.3) is 0 Å². The van der Waals surface area contributed by atoms with Crippen molar-refractivity contribution in [3.63, 3.8) is 0 Å². The number of nitrogens with one attached hydrogen (secondary N) is 2. The number of alkyl halides is 3. The van der Waals surface area contributed by atoms with Crippen molar-refractivity contribution in [1.82, 2.24) is 5.32 Å². The van der Waals surface area contributed by atoms with Crippen LogP contribution in [0, 0.1) is 0 Å². The van der Waals surface area contributed by atoms with Gasteiger partial charge in [0.1, 0.15) is 6.17 Å². The SMILES string of the molecule is O=C(/C=C/c1ccccc1)N[C@@H](Nc1ccc(Cl)c(Cl)c1)C(Cl)(Cl)Cl. The molecule has 2 aromatic carbocycles. The number of amides is 1. The smallest absolute Gasteiger partial charge is 0.245 e. The van der Waals surface area contributed by atoms with Gasteiger partial charge < -0.3 is 10.6 Å². The van der Waals surface area contributed by atoms with Crippen molar-refractivity contribution in [2.75, 3.05) is 5.32 Å². The zero-order valence-electron chi connectivity index (χ0n) is 12.6. The molecule has 0 aliphatic rings. The molecule has 0 heterocycles. The first-order valence-electron chi connectivity index (χ1n) is 7.07. The van der Waals surface area contributed by atoms with Crippen LogP contribution < -0.4 is 10.6 Å². The van der Waals surface area contributed by atoms with Crippen molar-refractivity contribution in [3.05, 3.63) is 70.2 Å². The largest absolute Gasteiger partial charge is 0.362 e. The van der Waals surface area contributed by atoms with Gasteiger partial charge in [-0.25, -0.2) is 0 Å². The number of hydrogen-bond donors (Lipinski definition) is 2. The van der Waals surface area contributed by atoms with Crippen molar-refractivity contribution < 1.29 is 4.79 Å². The molecular weight excluding hydrogens is 425 g/mol. The van der Waals surface area contributed by atoms with Crippen LogP contribution in [0.15, 0.2) is 54.6 Å². The lowest BCUT2D eigenvalue weighted by Crippen LogP contribution is -2.48. The normalized spacial score (nSPS) is 12.8. The van der Waals surface area contributed by atoms with Crippen LogP contribution in [0.25, 0.3) is 6.08 Å². The molecule has 3 nitrogen and oxygen atoms in total. The average molecular weight is 439 g/mol. The third-order valence-corrected chi connectivity index (χ3v) is 4.46. The first kappa shape index (κ1) is 20.2. The molecule has 2 aromatic rings. The fourth-order valence-corrected chi connectivity index (χ4v) is 2.50. The second-order valence-electron chi connectivity index (χ2n) is 5.00. The molecule has 0 aliphatic carbocycles. The van der Waals surface area contributed by atoms with Crippen LogP contribution in [0.2, 0.25) is 10.0 Å². The molecule has 25 heavy (non-hydrogen) atoms. The summed E-state index contributed by atoms with van der Waals surface area (Å²) >= 11 is 29.7.